The van der Waals surface area contributed by atoms with Gasteiger partial charge < -0.3 is 26.2 Å². The van der Waals surface area contributed by atoms with E-state index in [0.717, 1.165) is 16.8 Å². The molecule has 3 aromatic heterocycles. The third-order valence-electron chi connectivity index (χ3n) is 6.57. The Hall–Kier alpha value is -3.73. The molecule has 1 aliphatic carbocycles. The highest BCUT2D eigenvalue weighted by Gasteiger charge is 2.30. The van der Waals surface area contributed by atoms with Gasteiger partial charge >= 0.3 is 0 Å². The summed E-state index contributed by atoms with van der Waals surface area (Å²) in [4.78, 5) is 33.8. The molecule has 3 aromatic rings. The van der Waals surface area contributed by atoms with Crippen molar-refractivity contribution in [3.63, 3.8) is 0 Å². The Labute approximate surface area is 209 Å². The number of nitrogens with two attached hydrogens (primary N) is 1. The first-order chi connectivity index (χ1) is 17.2. The van der Waals surface area contributed by atoms with Gasteiger partial charge in [0.1, 0.15) is 11.8 Å². The van der Waals surface area contributed by atoms with Crippen LogP contribution in [-0.2, 0) is 16.0 Å². The van der Waals surface area contributed by atoms with Crippen molar-refractivity contribution in [3.05, 3.63) is 36.3 Å². The van der Waals surface area contributed by atoms with Crippen molar-refractivity contribution in [2.24, 2.45) is 5.92 Å². The molecule has 0 aliphatic heterocycles. The molecular weight excluding hydrogens is 462 g/mol. The van der Waals surface area contributed by atoms with Gasteiger partial charge in [-0.3, -0.25) is 9.59 Å². The number of rotatable bonds is 8. The van der Waals surface area contributed by atoms with Crippen LogP contribution >= 0.6 is 0 Å². The molecule has 1 aliphatic rings. The van der Waals surface area contributed by atoms with Gasteiger partial charge in [-0.05, 0) is 57.2 Å². The molecule has 0 spiro atoms. The van der Waals surface area contributed by atoms with Gasteiger partial charge in [-0.25, -0.2) is 14.5 Å². The summed E-state index contributed by atoms with van der Waals surface area (Å²) in [5.74, 6) is 0.468. The first kappa shape index (κ1) is 25.4. The van der Waals surface area contributed by atoms with Crippen LogP contribution in [0.15, 0.2) is 30.7 Å². The number of nitrogens with one attached hydrogen (secondary N) is 2. The summed E-state index contributed by atoms with van der Waals surface area (Å²) in [6, 6.07) is 5.51. The lowest BCUT2D eigenvalue weighted by atomic mass is 9.85. The minimum atomic E-state index is -0.645. The third-order valence-corrected chi connectivity index (χ3v) is 6.57. The van der Waals surface area contributed by atoms with E-state index in [9.17, 15) is 14.7 Å². The van der Waals surface area contributed by atoms with Crippen LogP contribution in [0.3, 0.4) is 0 Å². The molecule has 36 heavy (non-hydrogen) atoms. The van der Waals surface area contributed by atoms with Crippen molar-refractivity contribution in [1.29, 1.82) is 0 Å². The van der Waals surface area contributed by atoms with Crippen LogP contribution in [0.2, 0.25) is 0 Å². The molecule has 11 nitrogen and oxygen atoms in total. The van der Waals surface area contributed by atoms with Crippen molar-refractivity contribution in [2.75, 3.05) is 19.5 Å². The van der Waals surface area contributed by atoms with Gasteiger partial charge in [-0.2, -0.15) is 5.10 Å². The Morgan fingerprint density at radius 2 is 1.97 bits per heavy atom. The SMILES string of the molecule is COc1cc(-c2cc(CC(=O)NC3CCC(C(=O)NC(C)(C)CO)CC3)c3c(N)ncnn23)ccn1. The van der Waals surface area contributed by atoms with E-state index in [4.69, 9.17) is 10.5 Å². The molecule has 4 rings (SSSR count). The maximum atomic E-state index is 13.0. The quantitative estimate of drug-likeness (QED) is 0.366. The fraction of sp³-hybridized carbons (Fsp3) is 0.480. The zero-order valence-electron chi connectivity index (χ0n) is 20.8. The number of carbonyl (C=O) groups is 2. The van der Waals surface area contributed by atoms with Crippen LogP contribution < -0.4 is 21.1 Å². The van der Waals surface area contributed by atoms with E-state index in [2.05, 4.69) is 25.7 Å². The summed E-state index contributed by atoms with van der Waals surface area (Å²) < 4.78 is 6.92. The van der Waals surface area contributed by atoms with Gasteiger partial charge in [0.05, 0.1) is 31.4 Å². The summed E-state index contributed by atoms with van der Waals surface area (Å²) >= 11 is 0. The minimum Gasteiger partial charge on any atom is -0.481 e. The largest absolute Gasteiger partial charge is 0.481 e. The fourth-order valence-corrected chi connectivity index (χ4v) is 4.59. The molecular formula is C25H33N7O4. The van der Waals surface area contributed by atoms with E-state index in [1.807, 2.05) is 12.1 Å². The van der Waals surface area contributed by atoms with Crippen molar-refractivity contribution in [2.45, 2.75) is 57.5 Å². The fourth-order valence-electron chi connectivity index (χ4n) is 4.59. The summed E-state index contributed by atoms with van der Waals surface area (Å²) in [5.41, 5.74) is 8.40. The first-order valence-electron chi connectivity index (χ1n) is 12.0. The molecule has 5 N–H and O–H groups in total. The Balaban J connectivity index is 1.44. The number of methoxy groups -OCH3 is 1. The topological polar surface area (TPSA) is 157 Å². The maximum Gasteiger partial charge on any atom is 0.224 e. The van der Waals surface area contributed by atoms with Gasteiger partial charge in [0.15, 0.2) is 5.82 Å². The molecule has 0 saturated heterocycles. The van der Waals surface area contributed by atoms with Gasteiger partial charge in [0.25, 0.3) is 0 Å². The normalized spacial score (nSPS) is 18.1. The van der Waals surface area contributed by atoms with E-state index in [0.29, 0.717) is 37.1 Å². The monoisotopic (exact) mass is 495 g/mol. The molecule has 0 radical (unpaired) electrons. The Morgan fingerprint density at radius 1 is 1.22 bits per heavy atom. The van der Waals surface area contributed by atoms with E-state index in [1.54, 1.807) is 37.7 Å². The lowest BCUT2D eigenvalue weighted by molar-refractivity contribution is -0.128. The van der Waals surface area contributed by atoms with Crippen molar-refractivity contribution < 1.29 is 19.4 Å². The van der Waals surface area contributed by atoms with Crippen LogP contribution in [-0.4, -0.2) is 61.8 Å². The average molecular weight is 496 g/mol. The van der Waals surface area contributed by atoms with Crippen LogP contribution in [0.1, 0.15) is 45.1 Å². The molecule has 192 valence electrons. The molecule has 1 fully saturated rings. The molecule has 3 heterocycles. The Kier molecular flexibility index (Phi) is 7.39. The number of anilines is 1. The number of aliphatic hydroxyl groups excluding tert-OH is 1. The summed E-state index contributed by atoms with van der Waals surface area (Å²) in [6.45, 7) is 3.46. The van der Waals surface area contributed by atoms with Crippen LogP contribution in [0.25, 0.3) is 16.8 Å². The maximum absolute atomic E-state index is 13.0. The zero-order chi connectivity index (χ0) is 25.9. The number of aliphatic hydroxyl groups is 1. The minimum absolute atomic E-state index is 0.00110. The summed E-state index contributed by atoms with van der Waals surface area (Å²) in [5, 5.41) is 19.7. The lowest BCUT2D eigenvalue weighted by Gasteiger charge is -2.31. The molecule has 2 amide bonds. The van der Waals surface area contributed by atoms with E-state index in [1.165, 1.54) is 6.33 Å². The highest BCUT2D eigenvalue weighted by molar-refractivity contribution is 5.86. The number of amides is 2. The molecule has 0 unspecified atom stereocenters. The van der Waals surface area contributed by atoms with Gasteiger partial charge in [0, 0.05) is 29.8 Å². The number of nitrogen functional groups attached to an aromatic ring is 1. The van der Waals surface area contributed by atoms with E-state index in [-0.39, 0.29) is 42.6 Å². The van der Waals surface area contributed by atoms with Crippen LogP contribution in [0, 0.1) is 5.92 Å². The number of hydrogen-bond donors (Lipinski definition) is 4. The number of fused-ring (bicyclic) bond motifs is 1. The Morgan fingerprint density at radius 3 is 2.67 bits per heavy atom. The van der Waals surface area contributed by atoms with E-state index < -0.39 is 5.54 Å². The average Bonchev–Trinajstić information content (AvgIpc) is 3.23. The second kappa shape index (κ2) is 10.5. The summed E-state index contributed by atoms with van der Waals surface area (Å²) in [6.07, 6.45) is 5.94. The molecule has 0 bridgehead atoms. The predicted octanol–water partition coefficient (Wildman–Crippen LogP) is 1.49. The Bertz CT molecular complexity index is 1250. The number of aromatic nitrogens is 4. The number of pyridine rings is 1. The van der Waals surface area contributed by atoms with Gasteiger partial charge in [-0.15, -0.1) is 0 Å². The van der Waals surface area contributed by atoms with E-state index >= 15 is 0 Å². The smallest absolute Gasteiger partial charge is 0.224 e. The number of nitrogens with zero attached hydrogens (tertiary/aromatic N) is 4. The van der Waals surface area contributed by atoms with Gasteiger partial charge in [-0.1, -0.05) is 0 Å². The predicted molar refractivity (Wildman–Crippen MR) is 134 cm³/mol. The molecule has 0 aromatic carbocycles. The lowest BCUT2D eigenvalue weighted by Crippen LogP contribution is -2.49. The summed E-state index contributed by atoms with van der Waals surface area (Å²) in [7, 11) is 1.55. The van der Waals surface area contributed by atoms with Crippen LogP contribution in [0.5, 0.6) is 5.88 Å². The van der Waals surface area contributed by atoms with Gasteiger partial charge in [0.2, 0.25) is 17.7 Å². The standard InChI is InChI=1S/C25H33N7O4/c1-25(2,13-33)31-24(35)15-4-6-18(7-5-15)30-20(34)11-17-10-19(16-8-9-27-21(12-16)36-3)32-22(17)23(26)28-14-29-32/h8-10,12,14-15,18,33H,4-7,11,13H2,1-3H3,(H,30,34)(H,31,35)(H2,26,28,29). The highest BCUT2D eigenvalue weighted by atomic mass is 16.5. The highest BCUT2D eigenvalue weighted by Crippen LogP contribution is 2.30. The molecule has 11 heteroatoms. The molecule has 0 atom stereocenters. The second-order valence-corrected chi connectivity index (χ2v) is 9.87. The van der Waals surface area contributed by atoms with Crippen molar-refractivity contribution >= 4 is 23.1 Å². The van der Waals surface area contributed by atoms with Crippen molar-refractivity contribution in [1.82, 2.24) is 30.2 Å². The van der Waals surface area contributed by atoms with Crippen LogP contribution in [0.4, 0.5) is 5.82 Å². The first-order valence-corrected chi connectivity index (χ1v) is 12.0. The second-order valence-electron chi connectivity index (χ2n) is 9.87. The zero-order valence-corrected chi connectivity index (χ0v) is 20.8. The number of hydrogen-bond acceptors (Lipinski definition) is 8. The molecule has 1 saturated carbocycles. The third kappa shape index (κ3) is 5.56. The number of carbonyl (C=O) groups excluding carboxylic acids is 2. The number of ether oxygens (including phenoxy) is 1. The van der Waals surface area contributed by atoms with Crippen molar-refractivity contribution in [3.8, 4) is 17.1 Å².